The maximum Gasteiger partial charge on any atom is 0.191 e. The second kappa shape index (κ2) is 8.29. The molecule has 0 atom stereocenters. The largest absolute Gasteiger partial charge is 0.356 e. The van der Waals surface area contributed by atoms with Crippen LogP contribution in [0, 0.1) is 12.7 Å². The third kappa shape index (κ3) is 4.47. The van der Waals surface area contributed by atoms with Gasteiger partial charge in [0, 0.05) is 23.9 Å². The van der Waals surface area contributed by atoms with E-state index in [1.807, 2.05) is 12.1 Å². The van der Waals surface area contributed by atoms with Crippen LogP contribution in [0.5, 0.6) is 0 Å². The van der Waals surface area contributed by atoms with Crippen molar-refractivity contribution in [3.05, 3.63) is 57.5 Å². The Morgan fingerprint density at radius 2 is 1.92 bits per heavy atom. The normalized spacial score (nSPS) is 15.5. The van der Waals surface area contributed by atoms with Crippen LogP contribution in [0.4, 0.5) is 4.39 Å². The summed E-state index contributed by atoms with van der Waals surface area (Å²) >= 11 is 1.76. The molecule has 0 radical (unpaired) electrons. The zero-order valence-electron chi connectivity index (χ0n) is 13.9. The first-order chi connectivity index (χ1) is 11.1. The molecule has 6 heteroatoms. The average molecular weight is 459 g/mol. The minimum Gasteiger partial charge on any atom is -0.356 e. The number of hydrogen-bond acceptors (Lipinski definition) is 2. The summed E-state index contributed by atoms with van der Waals surface area (Å²) in [6, 6.07) is 9.01. The van der Waals surface area contributed by atoms with E-state index < -0.39 is 0 Å². The molecule has 24 heavy (non-hydrogen) atoms. The minimum atomic E-state index is -0.179. The molecule has 1 aliphatic carbocycles. The highest BCUT2D eigenvalue weighted by molar-refractivity contribution is 14.0. The van der Waals surface area contributed by atoms with Crippen molar-refractivity contribution in [3.8, 4) is 0 Å². The SMILES string of the molecule is CN=C(NCc1sccc1C)NCC1(c2ccc(F)cc2)CC1.I. The lowest BCUT2D eigenvalue weighted by atomic mass is 9.96. The van der Waals surface area contributed by atoms with Gasteiger partial charge in [-0.3, -0.25) is 4.99 Å². The van der Waals surface area contributed by atoms with E-state index in [-0.39, 0.29) is 35.2 Å². The summed E-state index contributed by atoms with van der Waals surface area (Å²) in [4.78, 5) is 5.62. The third-order valence-electron chi connectivity index (χ3n) is 4.51. The van der Waals surface area contributed by atoms with Crippen molar-refractivity contribution in [1.29, 1.82) is 0 Å². The van der Waals surface area contributed by atoms with Crippen LogP contribution in [0.2, 0.25) is 0 Å². The number of benzene rings is 1. The maximum atomic E-state index is 13.1. The van der Waals surface area contributed by atoms with Gasteiger partial charge in [-0.05, 0) is 54.5 Å². The maximum absolute atomic E-state index is 13.1. The first-order valence-electron chi connectivity index (χ1n) is 7.86. The van der Waals surface area contributed by atoms with Gasteiger partial charge in [-0.2, -0.15) is 0 Å². The Kier molecular flexibility index (Phi) is 6.62. The van der Waals surface area contributed by atoms with E-state index in [1.54, 1.807) is 30.5 Å². The second-order valence-corrected chi connectivity index (χ2v) is 7.09. The fraction of sp³-hybridized carbons (Fsp3) is 0.389. The number of rotatable bonds is 5. The lowest BCUT2D eigenvalue weighted by Crippen LogP contribution is -2.40. The van der Waals surface area contributed by atoms with Gasteiger partial charge in [0.1, 0.15) is 5.82 Å². The molecule has 1 saturated carbocycles. The van der Waals surface area contributed by atoms with Crippen molar-refractivity contribution in [3.63, 3.8) is 0 Å². The standard InChI is InChI=1S/C18H22FN3S.HI/c1-13-7-10-23-16(13)11-21-17(20-2)22-12-18(8-9-18)14-3-5-15(19)6-4-14;/h3-7,10H,8-9,11-12H2,1-2H3,(H2,20,21,22);1H. The van der Waals surface area contributed by atoms with Crippen LogP contribution >= 0.6 is 35.3 Å². The van der Waals surface area contributed by atoms with Crippen molar-refractivity contribution in [1.82, 2.24) is 10.6 Å². The number of hydrogen-bond donors (Lipinski definition) is 2. The minimum absolute atomic E-state index is 0. The number of aryl methyl sites for hydroxylation is 1. The van der Waals surface area contributed by atoms with Gasteiger partial charge in [0.15, 0.2) is 5.96 Å². The quantitative estimate of drug-likeness (QED) is 0.399. The molecule has 3 rings (SSSR count). The summed E-state index contributed by atoms with van der Waals surface area (Å²) in [5.41, 5.74) is 2.64. The molecule has 0 amide bonds. The first-order valence-corrected chi connectivity index (χ1v) is 8.74. The highest BCUT2D eigenvalue weighted by atomic mass is 127. The van der Waals surface area contributed by atoms with E-state index in [9.17, 15) is 4.39 Å². The molecule has 0 aliphatic heterocycles. The summed E-state index contributed by atoms with van der Waals surface area (Å²) in [5.74, 6) is 0.632. The van der Waals surface area contributed by atoms with Gasteiger partial charge in [-0.1, -0.05) is 12.1 Å². The summed E-state index contributed by atoms with van der Waals surface area (Å²) < 4.78 is 13.1. The summed E-state index contributed by atoms with van der Waals surface area (Å²) in [7, 11) is 1.79. The molecule has 0 spiro atoms. The van der Waals surface area contributed by atoms with Crippen LogP contribution in [0.15, 0.2) is 40.7 Å². The van der Waals surface area contributed by atoms with Gasteiger partial charge < -0.3 is 10.6 Å². The van der Waals surface area contributed by atoms with Crippen LogP contribution in [0.25, 0.3) is 0 Å². The fourth-order valence-electron chi connectivity index (χ4n) is 2.74. The second-order valence-electron chi connectivity index (χ2n) is 6.09. The van der Waals surface area contributed by atoms with Gasteiger partial charge >= 0.3 is 0 Å². The van der Waals surface area contributed by atoms with Gasteiger partial charge in [-0.25, -0.2) is 4.39 Å². The molecule has 0 unspecified atom stereocenters. The Labute approximate surface area is 163 Å². The Bertz CT molecular complexity index is 693. The van der Waals surface area contributed by atoms with E-state index in [0.717, 1.165) is 31.9 Å². The third-order valence-corrected chi connectivity index (χ3v) is 5.54. The van der Waals surface area contributed by atoms with Gasteiger partial charge in [0.05, 0.1) is 6.54 Å². The van der Waals surface area contributed by atoms with Gasteiger partial charge in [0.2, 0.25) is 0 Å². The number of nitrogens with one attached hydrogen (secondary N) is 2. The van der Waals surface area contributed by atoms with Crippen molar-refractivity contribution in [2.24, 2.45) is 4.99 Å². The lowest BCUT2D eigenvalue weighted by molar-refractivity contribution is 0.617. The molecule has 2 N–H and O–H groups in total. The Balaban J connectivity index is 0.00000208. The Morgan fingerprint density at radius 1 is 1.21 bits per heavy atom. The van der Waals surface area contributed by atoms with Crippen molar-refractivity contribution >= 4 is 41.3 Å². The molecule has 1 aliphatic rings. The highest BCUT2D eigenvalue weighted by Gasteiger charge is 2.44. The Morgan fingerprint density at radius 3 is 2.46 bits per heavy atom. The van der Waals surface area contributed by atoms with E-state index >= 15 is 0 Å². The lowest BCUT2D eigenvalue weighted by Gasteiger charge is -2.19. The smallest absolute Gasteiger partial charge is 0.191 e. The molecule has 1 fully saturated rings. The van der Waals surface area contributed by atoms with Crippen molar-refractivity contribution < 1.29 is 4.39 Å². The summed E-state index contributed by atoms with van der Waals surface area (Å²) in [5, 5.41) is 8.89. The molecule has 2 aromatic rings. The average Bonchev–Trinajstić information content (AvgIpc) is 3.24. The van der Waals surface area contributed by atoms with Crippen molar-refractivity contribution in [2.75, 3.05) is 13.6 Å². The first kappa shape index (κ1) is 19.2. The van der Waals surface area contributed by atoms with E-state index in [0.29, 0.717) is 0 Å². The number of thiophene rings is 1. The zero-order chi connectivity index (χ0) is 16.3. The number of aliphatic imine (C=N–C) groups is 1. The molecular formula is C18H23FIN3S. The Hall–Kier alpha value is -1.15. The zero-order valence-corrected chi connectivity index (χ0v) is 17.1. The molecule has 0 saturated heterocycles. The molecule has 1 aromatic carbocycles. The molecule has 130 valence electrons. The van der Waals surface area contributed by atoms with Crippen LogP contribution in [0.1, 0.15) is 28.8 Å². The van der Waals surface area contributed by atoms with Gasteiger partial charge in [0.25, 0.3) is 0 Å². The topological polar surface area (TPSA) is 36.4 Å². The molecule has 0 bridgehead atoms. The molecule has 3 nitrogen and oxygen atoms in total. The van der Waals surface area contributed by atoms with E-state index in [4.69, 9.17) is 0 Å². The number of halogens is 2. The van der Waals surface area contributed by atoms with Crippen LogP contribution in [-0.4, -0.2) is 19.6 Å². The predicted octanol–water partition coefficient (Wildman–Crippen LogP) is 4.21. The van der Waals surface area contributed by atoms with E-state index in [2.05, 4.69) is 34.0 Å². The molecular weight excluding hydrogens is 436 g/mol. The van der Waals surface area contributed by atoms with Crippen molar-refractivity contribution in [2.45, 2.75) is 31.7 Å². The van der Waals surface area contributed by atoms with E-state index in [1.165, 1.54) is 16.0 Å². The predicted molar refractivity (Wildman–Crippen MR) is 110 cm³/mol. The van der Waals surface area contributed by atoms with Gasteiger partial charge in [-0.15, -0.1) is 35.3 Å². The number of guanidine groups is 1. The number of nitrogens with zero attached hydrogens (tertiary/aromatic N) is 1. The summed E-state index contributed by atoms with van der Waals surface area (Å²) in [6.45, 7) is 3.73. The van der Waals surface area contributed by atoms with Crippen LogP contribution < -0.4 is 10.6 Å². The highest BCUT2D eigenvalue weighted by Crippen LogP contribution is 2.47. The van der Waals surface area contributed by atoms with Crippen LogP contribution in [-0.2, 0) is 12.0 Å². The monoisotopic (exact) mass is 459 g/mol. The molecule has 1 heterocycles. The van der Waals surface area contributed by atoms with Crippen LogP contribution in [0.3, 0.4) is 0 Å². The summed E-state index contributed by atoms with van der Waals surface area (Å²) in [6.07, 6.45) is 2.26. The fourth-order valence-corrected chi connectivity index (χ4v) is 3.59. The molecule has 1 aromatic heterocycles.